The number of nitrogens with one attached hydrogen (secondary N) is 1. The van der Waals surface area contributed by atoms with Crippen molar-refractivity contribution in [3.8, 4) is 17.2 Å². The lowest BCUT2D eigenvalue weighted by molar-refractivity contribution is -0.127. The van der Waals surface area contributed by atoms with Gasteiger partial charge in [-0.15, -0.1) is 0 Å². The van der Waals surface area contributed by atoms with Gasteiger partial charge in [0.15, 0.2) is 0 Å². The molecule has 2 rings (SSSR count). The standard InChI is InChI=1S/C16H23NO4/c1-19-12-9-14(20-2)13(15(10-12)21-3)7-8-17-16(18)11-5-4-6-11/h9-11H,4-8H2,1-3H3,(H,17,18). The quantitative estimate of drug-likeness (QED) is 0.837. The smallest absolute Gasteiger partial charge is 0.223 e. The Hall–Kier alpha value is -1.91. The predicted molar refractivity (Wildman–Crippen MR) is 80.2 cm³/mol. The maximum absolute atomic E-state index is 11.8. The molecule has 1 aromatic carbocycles. The minimum atomic E-state index is 0.160. The van der Waals surface area contributed by atoms with Crippen molar-refractivity contribution < 1.29 is 19.0 Å². The lowest BCUT2D eigenvalue weighted by Gasteiger charge is -2.24. The maximum Gasteiger partial charge on any atom is 0.223 e. The van der Waals surface area contributed by atoms with Gasteiger partial charge in [0.1, 0.15) is 17.2 Å². The zero-order valence-electron chi connectivity index (χ0n) is 12.9. The molecule has 0 saturated heterocycles. The van der Waals surface area contributed by atoms with Crippen molar-refractivity contribution in [3.05, 3.63) is 17.7 Å². The van der Waals surface area contributed by atoms with Crippen LogP contribution in [0.25, 0.3) is 0 Å². The van der Waals surface area contributed by atoms with Gasteiger partial charge in [0, 0.05) is 30.2 Å². The Morgan fingerprint density at radius 3 is 2.19 bits per heavy atom. The van der Waals surface area contributed by atoms with Gasteiger partial charge in [-0.05, 0) is 19.3 Å². The number of ether oxygens (including phenoxy) is 3. The third-order valence-corrected chi connectivity index (χ3v) is 3.97. The first kappa shape index (κ1) is 15.5. The molecule has 0 atom stereocenters. The molecule has 116 valence electrons. The fraction of sp³-hybridized carbons (Fsp3) is 0.562. The van der Waals surface area contributed by atoms with E-state index in [1.165, 1.54) is 0 Å². The molecular weight excluding hydrogens is 270 g/mol. The Balaban J connectivity index is 2.01. The number of hydrogen-bond acceptors (Lipinski definition) is 4. The second-order valence-corrected chi connectivity index (χ2v) is 5.18. The Morgan fingerprint density at radius 2 is 1.76 bits per heavy atom. The van der Waals surface area contributed by atoms with Gasteiger partial charge in [-0.3, -0.25) is 4.79 Å². The van der Waals surface area contributed by atoms with E-state index in [4.69, 9.17) is 14.2 Å². The van der Waals surface area contributed by atoms with Crippen LogP contribution < -0.4 is 19.5 Å². The van der Waals surface area contributed by atoms with Crippen molar-refractivity contribution in [1.82, 2.24) is 5.32 Å². The van der Waals surface area contributed by atoms with Gasteiger partial charge in [0.25, 0.3) is 0 Å². The van der Waals surface area contributed by atoms with Crippen LogP contribution in [0, 0.1) is 5.92 Å². The molecule has 1 aliphatic carbocycles. The summed E-state index contributed by atoms with van der Waals surface area (Å²) in [7, 11) is 4.84. The number of hydrogen-bond donors (Lipinski definition) is 1. The number of carbonyl (C=O) groups is 1. The van der Waals surface area contributed by atoms with Gasteiger partial charge in [-0.25, -0.2) is 0 Å². The molecule has 0 aromatic heterocycles. The second-order valence-electron chi connectivity index (χ2n) is 5.18. The molecule has 0 heterocycles. The van der Waals surface area contributed by atoms with Crippen molar-refractivity contribution in [2.75, 3.05) is 27.9 Å². The van der Waals surface area contributed by atoms with E-state index < -0.39 is 0 Å². The molecule has 1 aliphatic rings. The topological polar surface area (TPSA) is 56.8 Å². The van der Waals surface area contributed by atoms with Crippen molar-refractivity contribution >= 4 is 5.91 Å². The van der Waals surface area contributed by atoms with Crippen LogP contribution in [0.1, 0.15) is 24.8 Å². The highest BCUT2D eigenvalue weighted by Crippen LogP contribution is 2.34. The first-order valence-electron chi connectivity index (χ1n) is 7.26. The predicted octanol–water partition coefficient (Wildman–Crippen LogP) is 2.17. The molecule has 1 amide bonds. The normalized spacial score (nSPS) is 14.2. The van der Waals surface area contributed by atoms with Crippen molar-refractivity contribution in [2.45, 2.75) is 25.7 Å². The van der Waals surface area contributed by atoms with Gasteiger partial charge in [-0.2, -0.15) is 0 Å². The molecule has 1 fully saturated rings. The summed E-state index contributed by atoms with van der Waals surface area (Å²) in [4.78, 5) is 11.8. The third-order valence-electron chi connectivity index (χ3n) is 3.97. The molecule has 0 radical (unpaired) electrons. The van der Waals surface area contributed by atoms with E-state index >= 15 is 0 Å². The van der Waals surface area contributed by atoms with E-state index in [1.807, 2.05) is 12.1 Å². The minimum Gasteiger partial charge on any atom is -0.496 e. The minimum absolute atomic E-state index is 0.160. The van der Waals surface area contributed by atoms with Gasteiger partial charge < -0.3 is 19.5 Å². The number of rotatable bonds is 7. The van der Waals surface area contributed by atoms with E-state index in [9.17, 15) is 4.79 Å². The van der Waals surface area contributed by atoms with Crippen molar-refractivity contribution in [2.24, 2.45) is 5.92 Å². The largest absolute Gasteiger partial charge is 0.496 e. The maximum atomic E-state index is 11.8. The lowest BCUT2D eigenvalue weighted by atomic mass is 9.85. The van der Waals surface area contributed by atoms with E-state index in [1.54, 1.807) is 21.3 Å². The summed E-state index contributed by atoms with van der Waals surface area (Å²) in [5, 5.41) is 2.98. The van der Waals surface area contributed by atoms with Crippen LogP contribution in [0.15, 0.2) is 12.1 Å². The highest BCUT2D eigenvalue weighted by atomic mass is 16.5. The third kappa shape index (κ3) is 3.60. The highest BCUT2D eigenvalue weighted by molar-refractivity contribution is 5.79. The molecule has 1 N–H and O–H groups in total. The SMILES string of the molecule is COc1cc(OC)c(CCNC(=O)C2CCC2)c(OC)c1. The summed E-state index contributed by atoms with van der Waals surface area (Å²) in [6.45, 7) is 0.578. The summed E-state index contributed by atoms with van der Waals surface area (Å²) < 4.78 is 16.0. The summed E-state index contributed by atoms with van der Waals surface area (Å²) in [5.74, 6) is 2.48. The number of amides is 1. The first-order chi connectivity index (χ1) is 10.2. The van der Waals surface area contributed by atoms with Gasteiger partial charge in [0.05, 0.1) is 21.3 Å². The average Bonchev–Trinajstić information content (AvgIpc) is 2.45. The molecule has 0 bridgehead atoms. The molecule has 1 aromatic rings. The van der Waals surface area contributed by atoms with Crippen molar-refractivity contribution in [1.29, 1.82) is 0 Å². The molecule has 0 unspecified atom stereocenters. The Labute approximate surface area is 125 Å². The van der Waals surface area contributed by atoms with E-state index in [0.29, 0.717) is 30.2 Å². The van der Waals surface area contributed by atoms with Crippen LogP contribution >= 0.6 is 0 Å². The van der Waals surface area contributed by atoms with Gasteiger partial charge in [-0.1, -0.05) is 6.42 Å². The molecular formula is C16H23NO4. The zero-order chi connectivity index (χ0) is 15.2. The van der Waals surface area contributed by atoms with Crippen LogP contribution in [0.5, 0.6) is 17.2 Å². The first-order valence-corrected chi connectivity index (χ1v) is 7.26. The number of carbonyl (C=O) groups excluding carboxylic acids is 1. The zero-order valence-corrected chi connectivity index (χ0v) is 12.9. The van der Waals surface area contributed by atoms with E-state index in [-0.39, 0.29) is 11.8 Å². The second kappa shape index (κ2) is 7.20. The summed E-state index contributed by atoms with van der Waals surface area (Å²) in [5.41, 5.74) is 0.940. The molecule has 5 heteroatoms. The highest BCUT2D eigenvalue weighted by Gasteiger charge is 2.24. The Morgan fingerprint density at radius 1 is 1.14 bits per heavy atom. The summed E-state index contributed by atoms with van der Waals surface area (Å²) in [6.07, 6.45) is 3.86. The van der Waals surface area contributed by atoms with Crippen LogP contribution in [0.2, 0.25) is 0 Å². The fourth-order valence-corrected chi connectivity index (χ4v) is 2.45. The van der Waals surface area contributed by atoms with Crippen LogP contribution in [-0.4, -0.2) is 33.8 Å². The lowest BCUT2D eigenvalue weighted by Crippen LogP contribution is -2.35. The molecule has 1 saturated carbocycles. The number of benzene rings is 1. The van der Waals surface area contributed by atoms with Gasteiger partial charge in [0.2, 0.25) is 5.91 Å². The van der Waals surface area contributed by atoms with Crippen LogP contribution in [0.3, 0.4) is 0 Å². The fourth-order valence-electron chi connectivity index (χ4n) is 2.45. The van der Waals surface area contributed by atoms with Gasteiger partial charge >= 0.3 is 0 Å². The van der Waals surface area contributed by atoms with Crippen LogP contribution in [0.4, 0.5) is 0 Å². The monoisotopic (exact) mass is 293 g/mol. The van der Waals surface area contributed by atoms with E-state index in [2.05, 4.69) is 5.32 Å². The molecule has 0 aliphatic heterocycles. The summed E-state index contributed by atoms with van der Waals surface area (Å²) in [6, 6.07) is 3.65. The summed E-state index contributed by atoms with van der Waals surface area (Å²) >= 11 is 0. The average molecular weight is 293 g/mol. The Bertz CT molecular complexity index is 472. The Kier molecular flexibility index (Phi) is 5.31. The molecule has 0 spiro atoms. The van der Waals surface area contributed by atoms with Crippen LogP contribution in [-0.2, 0) is 11.2 Å². The van der Waals surface area contributed by atoms with Crippen molar-refractivity contribution in [3.63, 3.8) is 0 Å². The molecule has 21 heavy (non-hydrogen) atoms. The van der Waals surface area contributed by atoms with E-state index in [0.717, 1.165) is 24.8 Å². The number of methoxy groups -OCH3 is 3. The molecule has 5 nitrogen and oxygen atoms in total.